The van der Waals surface area contributed by atoms with E-state index in [-0.39, 0.29) is 37.3 Å². The minimum atomic E-state index is -2.75. The molecule has 0 spiro atoms. The molecule has 0 saturated heterocycles. The SMILES string of the molecule is O=c1c(-c2c(Cl)cccc2Cl)c(O)c2scnc2n1CC(F)F. The summed E-state index contributed by atoms with van der Waals surface area (Å²) in [7, 11) is 0. The molecule has 0 radical (unpaired) electrons. The summed E-state index contributed by atoms with van der Waals surface area (Å²) in [6.45, 7) is -0.839. The topological polar surface area (TPSA) is 55.1 Å². The van der Waals surface area contributed by atoms with Crippen LogP contribution in [-0.4, -0.2) is 21.1 Å². The summed E-state index contributed by atoms with van der Waals surface area (Å²) in [6, 6.07) is 4.57. The van der Waals surface area contributed by atoms with Gasteiger partial charge in [-0.05, 0) is 12.1 Å². The van der Waals surface area contributed by atoms with E-state index in [1.807, 2.05) is 0 Å². The molecule has 120 valence electrons. The molecule has 0 aliphatic carbocycles. The highest BCUT2D eigenvalue weighted by molar-refractivity contribution is 7.17. The van der Waals surface area contributed by atoms with Gasteiger partial charge in [0.15, 0.2) is 5.65 Å². The van der Waals surface area contributed by atoms with E-state index < -0.39 is 18.5 Å². The van der Waals surface area contributed by atoms with E-state index in [9.17, 15) is 18.7 Å². The van der Waals surface area contributed by atoms with Crippen LogP contribution < -0.4 is 5.56 Å². The maximum atomic E-state index is 12.8. The number of thiazole rings is 1. The molecule has 0 aliphatic heterocycles. The molecule has 0 fully saturated rings. The zero-order valence-electron chi connectivity index (χ0n) is 11.3. The fourth-order valence-electron chi connectivity index (χ4n) is 2.31. The van der Waals surface area contributed by atoms with Crippen LogP contribution in [-0.2, 0) is 6.54 Å². The number of hydrogen-bond acceptors (Lipinski definition) is 4. The van der Waals surface area contributed by atoms with Crippen LogP contribution in [0.4, 0.5) is 8.78 Å². The maximum absolute atomic E-state index is 12.8. The van der Waals surface area contributed by atoms with Crippen LogP contribution in [0.1, 0.15) is 0 Å². The highest BCUT2D eigenvalue weighted by atomic mass is 35.5. The van der Waals surface area contributed by atoms with Gasteiger partial charge >= 0.3 is 0 Å². The molecule has 2 heterocycles. The molecule has 0 bridgehead atoms. The van der Waals surface area contributed by atoms with Crippen molar-refractivity contribution in [3.63, 3.8) is 0 Å². The van der Waals surface area contributed by atoms with Crippen molar-refractivity contribution in [3.8, 4) is 16.9 Å². The Morgan fingerprint density at radius 1 is 1.26 bits per heavy atom. The molecule has 1 N–H and O–H groups in total. The Kier molecular flexibility index (Phi) is 4.27. The summed E-state index contributed by atoms with van der Waals surface area (Å²) in [6.07, 6.45) is -2.75. The number of benzene rings is 1. The first-order chi connectivity index (χ1) is 10.9. The second-order valence-electron chi connectivity index (χ2n) is 4.63. The van der Waals surface area contributed by atoms with Crippen molar-refractivity contribution in [3.05, 3.63) is 44.1 Å². The van der Waals surface area contributed by atoms with Crippen molar-refractivity contribution in [2.75, 3.05) is 0 Å². The number of alkyl halides is 2. The third kappa shape index (κ3) is 2.69. The standard InChI is InChI=1S/C14H8Cl2F2N2O2S/c15-6-2-1-3-7(16)9(6)10-11(21)12-13(19-5-23-12)20(14(10)22)4-8(17)18/h1-3,5,8,21H,4H2. The third-order valence-electron chi connectivity index (χ3n) is 3.25. The monoisotopic (exact) mass is 376 g/mol. The summed E-state index contributed by atoms with van der Waals surface area (Å²) in [5.41, 5.74) is 0.444. The lowest BCUT2D eigenvalue weighted by Crippen LogP contribution is -2.25. The number of fused-ring (bicyclic) bond motifs is 1. The van der Waals surface area contributed by atoms with E-state index in [4.69, 9.17) is 23.2 Å². The van der Waals surface area contributed by atoms with Crippen LogP contribution in [0.5, 0.6) is 5.75 Å². The normalized spacial score (nSPS) is 11.5. The van der Waals surface area contributed by atoms with Crippen molar-refractivity contribution >= 4 is 44.9 Å². The van der Waals surface area contributed by atoms with Crippen LogP contribution in [0.2, 0.25) is 10.0 Å². The van der Waals surface area contributed by atoms with Crippen molar-refractivity contribution < 1.29 is 13.9 Å². The van der Waals surface area contributed by atoms with E-state index in [2.05, 4.69) is 4.98 Å². The molecule has 2 aromatic heterocycles. The first-order valence-electron chi connectivity index (χ1n) is 6.33. The Bertz CT molecular complexity index is 936. The zero-order valence-corrected chi connectivity index (χ0v) is 13.6. The van der Waals surface area contributed by atoms with Crippen LogP contribution in [0.3, 0.4) is 0 Å². The van der Waals surface area contributed by atoms with Gasteiger partial charge < -0.3 is 5.11 Å². The Balaban J connectivity index is 2.44. The van der Waals surface area contributed by atoms with Crippen LogP contribution >= 0.6 is 34.5 Å². The molecule has 1 aromatic carbocycles. The van der Waals surface area contributed by atoms with E-state index in [0.717, 1.165) is 15.9 Å². The first-order valence-corrected chi connectivity index (χ1v) is 7.97. The van der Waals surface area contributed by atoms with E-state index >= 15 is 0 Å². The molecule has 0 unspecified atom stereocenters. The minimum absolute atomic E-state index is 0.00438. The van der Waals surface area contributed by atoms with Gasteiger partial charge in [-0.1, -0.05) is 29.3 Å². The number of rotatable bonds is 3. The Morgan fingerprint density at radius 2 is 1.91 bits per heavy atom. The number of nitrogens with zero attached hydrogens (tertiary/aromatic N) is 2. The van der Waals surface area contributed by atoms with Gasteiger partial charge in [-0.2, -0.15) is 0 Å². The summed E-state index contributed by atoms with van der Waals surface area (Å²) < 4.78 is 26.7. The highest BCUT2D eigenvalue weighted by Crippen LogP contribution is 2.41. The maximum Gasteiger partial charge on any atom is 0.264 e. The van der Waals surface area contributed by atoms with Gasteiger partial charge in [0.05, 0.1) is 27.7 Å². The number of aromatic nitrogens is 2. The van der Waals surface area contributed by atoms with E-state index in [0.29, 0.717) is 0 Å². The van der Waals surface area contributed by atoms with Gasteiger partial charge in [0, 0.05) is 5.56 Å². The third-order valence-corrected chi connectivity index (χ3v) is 4.70. The lowest BCUT2D eigenvalue weighted by molar-refractivity contribution is 0.126. The zero-order chi connectivity index (χ0) is 16.7. The van der Waals surface area contributed by atoms with E-state index in [1.165, 1.54) is 17.6 Å². The van der Waals surface area contributed by atoms with Crippen molar-refractivity contribution in [2.45, 2.75) is 13.0 Å². The first kappa shape index (κ1) is 16.2. The summed E-state index contributed by atoms with van der Waals surface area (Å²) in [5, 5.41) is 10.7. The number of hydrogen-bond donors (Lipinski definition) is 1. The lowest BCUT2D eigenvalue weighted by atomic mass is 10.1. The largest absolute Gasteiger partial charge is 0.505 e. The lowest BCUT2D eigenvalue weighted by Gasteiger charge is -2.13. The van der Waals surface area contributed by atoms with Gasteiger partial charge in [-0.25, -0.2) is 13.8 Å². The molecule has 0 atom stereocenters. The average Bonchev–Trinajstić information content (AvgIpc) is 2.96. The van der Waals surface area contributed by atoms with Crippen LogP contribution in [0, 0.1) is 0 Å². The minimum Gasteiger partial charge on any atom is -0.505 e. The van der Waals surface area contributed by atoms with Gasteiger partial charge in [-0.3, -0.25) is 9.36 Å². The van der Waals surface area contributed by atoms with Crippen LogP contribution in [0.25, 0.3) is 21.5 Å². The predicted molar refractivity (Wildman–Crippen MR) is 87.0 cm³/mol. The van der Waals surface area contributed by atoms with Gasteiger partial charge in [-0.15, -0.1) is 11.3 Å². The smallest absolute Gasteiger partial charge is 0.264 e. The predicted octanol–water partition coefficient (Wildman–Crippen LogP) is 4.40. The average molecular weight is 377 g/mol. The molecule has 0 aliphatic rings. The summed E-state index contributed by atoms with van der Waals surface area (Å²) >= 11 is 13.2. The van der Waals surface area contributed by atoms with Crippen molar-refractivity contribution in [1.29, 1.82) is 0 Å². The molecule has 3 aromatic rings. The van der Waals surface area contributed by atoms with Crippen molar-refractivity contribution in [2.24, 2.45) is 0 Å². The molecular formula is C14H8Cl2F2N2O2S. The van der Waals surface area contributed by atoms with Crippen LogP contribution in [0.15, 0.2) is 28.5 Å². The van der Waals surface area contributed by atoms with Gasteiger partial charge in [0.25, 0.3) is 12.0 Å². The summed E-state index contributed by atoms with van der Waals surface area (Å²) in [4.78, 5) is 16.6. The molecule has 9 heteroatoms. The molecular weight excluding hydrogens is 369 g/mol. The quantitative estimate of drug-likeness (QED) is 0.736. The molecule has 23 heavy (non-hydrogen) atoms. The number of aromatic hydroxyl groups is 1. The Morgan fingerprint density at radius 3 is 2.52 bits per heavy atom. The fourth-order valence-corrected chi connectivity index (χ4v) is 3.64. The Hall–Kier alpha value is -1.70. The molecule has 4 nitrogen and oxygen atoms in total. The summed E-state index contributed by atoms with van der Waals surface area (Å²) in [5.74, 6) is -0.368. The molecule has 3 rings (SSSR count). The Labute approximate surface area is 142 Å². The van der Waals surface area contributed by atoms with Crippen molar-refractivity contribution in [1.82, 2.24) is 9.55 Å². The number of pyridine rings is 1. The molecule has 0 amide bonds. The highest BCUT2D eigenvalue weighted by Gasteiger charge is 2.24. The molecule has 0 saturated carbocycles. The van der Waals surface area contributed by atoms with Gasteiger partial charge in [0.1, 0.15) is 10.4 Å². The fraction of sp³-hybridized carbons (Fsp3) is 0.143. The van der Waals surface area contributed by atoms with Gasteiger partial charge in [0.2, 0.25) is 0 Å². The van der Waals surface area contributed by atoms with E-state index in [1.54, 1.807) is 6.07 Å². The second kappa shape index (κ2) is 6.07. The second-order valence-corrected chi connectivity index (χ2v) is 6.30. The number of halogens is 4.